The Hall–Kier alpha value is 0.320. The smallest absolute Gasteiger partial charge is 0.742 e. The average molecular weight is 369 g/mol. The van der Waals surface area contributed by atoms with E-state index < -0.39 is 15.2 Å². The van der Waals surface area contributed by atoms with Crippen LogP contribution in [0.3, 0.4) is 0 Å². The first-order chi connectivity index (χ1) is 11.0. The van der Waals surface area contributed by atoms with E-state index in [1.165, 1.54) is 44.9 Å². The average Bonchev–Trinajstić information content (AvgIpc) is 2.50. The van der Waals surface area contributed by atoms with E-state index in [4.69, 9.17) is 0 Å². The molecule has 6 heteroatoms. The molecule has 0 amide bonds. The summed E-state index contributed by atoms with van der Waals surface area (Å²) in [5.74, 6) is 0. The number of hydrogen-bond acceptors (Lipinski definition) is 4. The summed E-state index contributed by atoms with van der Waals surface area (Å²) in [7, 11) is -4.72. The van der Waals surface area contributed by atoms with Crippen LogP contribution >= 0.6 is 0 Å². The van der Waals surface area contributed by atoms with Crippen molar-refractivity contribution in [2.45, 2.75) is 96.8 Å². The summed E-state index contributed by atoms with van der Waals surface area (Å²) in [5, 5.41) is -1.17. The van der Waals surface area contributed by atoms with E-state index in [0.29, 0.717) is 6.42 Å². The molecule has 4 nitrogen and oxygen atoms in total. The van der Waals surface area contributed by atoms with Crippen LogP contribution in [-0.2, 0) is 14.9 Å². The third-order valence-electron chi connectivity index (χ3n) is 3.92. The molecule has 0 bridgehead atoms. The number of unbranched alkanes of at least 4 members (excludes halogenated alkanes) is 11. The van der Waals surface area contributed by atoms with E-state index in [1.807, 2.05) is 0 Å². The molecule has 0 atom stereocenters. The Labute approximate surface area is 170 Å². The Kier molecular flexibility index (Phi) is 20.0. The van der Waals surface area contributed by atoms with Gasteiger partial charge in [-0.25, -0.2) is 8.42 Å². The van der Waals surface area contributed by atoms with Crippen molar-refractivity contribution in [3.8, 4) is 0 Å². The van der Waals surface area contributed by atoms with Gasteiger partial charge in [0, 0.05) is 6.42 Å². The van der Waals surface area contributed by atoms with Gasteiger partial charge in [0.05, 0.1) is 0 Å². The second-order valence-corrected chi connectivity index (χ2v) is 7.52. The van der Waals surface area contributed by atoms with Crippen molar-refractivity contribution >= 4 is 15.2 Å². The number of hydrogen-bond donors (Lipinski definition) is 0. The summed E-state index contributed by atoms with van der Waals surface area (Å²) in [4.78, 5) is 10.9. The van der Waals surface area contributed by atoms with Crippen molar-refractivity contribution in [3.63, 3.8) is 0 Å². The molecule has 0 rings (SSSR count). The Balaban J connectivity index is 0. The van der Waals surface area contributed by atoms with Gasteiger partial charge in [0.15, 0.2) is 10.1 Å². The van der Waals surface area contributed by atoms with E-state index in [2.05, 4.69) is 19.1 Å². The van der Waals surface area contributed by atoms with Crippen LogP contribution in [-0.4, -0.2) is 18.1 Å². The van der Waals surface area contributed by atoms with Gasteiger partial charge in [0.1, 0.15) is 0 Å². The van der Waals surface area contributed by atoms with Crippen LogP contribution in [0.4, 0.5) is 0 Å². The SMILES string of the molecule is CCCCCCCCC=CCCCCCCCC(=O)S(=O)(=O)[O-].[Na+]. The molecule has 0 N–H and O–H groups in total. The molecule has 136 valence electrons. The molecular weight excluding hydrogens is 335 g/mol. The van der Waals surface area contributed by atoms with Crippen molar-refractivity contribution in [2.24, 2.45) is 0 Å². The maximum Gasteiger partial charge on any atom is 1.00 e. The molecular formula is C18H33NaO4S. The second kappa shape index (κ2) is 18.1. The van der Waals surface area contributed by atoms with Gasteiger partial charge in [0.25, 0.3) is 0 Å². The predicted octanol–water partition coefficient (Wildman–Crippen LogP) is 2.10. The van der Waals surface area contributed by atoms with Gasteiger partial charge in [-0.3, -0.25) is 4.79 Å². The monoisotopic (exact) mass is 368 g/mol. The van der Waals surface area contributed by atoms with Crippen molar-refractivity contribution in [3.05, 3.63) is 12.2 Å². The molecule has 0 aliphatic heterocycles. The molecule has 0 unspecified atom stereocenters. The second-order valence-electron chi connectivity index (χ2n) is 6.16. The maximum absolute atomic E-state index is 10.9. The number of carbonyl (C=O) groups excluding carboxylic acids is 1. The minimum atomic E-state index is -4.72. The summed E-state index contributed by atoms with van der Waals surface area (Å²) < 4.78 is 31.2. The summed E-state index contributed by atoms with van der Waals surface area (Å²) in [6, 6.07) is 0. The van der Waals surface area contributed by atoms with Gasteiger partial charge >= 0.3 is 29.6 Å². The van der Waals surface area contributed by atoms with Crippen molar-refractivity contribution in [1.29, 1.82) is 0 Å². The first kappa shape index (κ1) is 26.5. The van der Waals surface area contributed by atoms with Gasteiger partial charge in [0.2, 0.25) is 5.12 Å². The molecule has 0 spiro atoms. The first-order valence-electron chi connectivity index (χ1n) is 9.12. The van der Waals surface area contributed by atoms with Gasteiger partial charge in [-0.2, -0.15) is 0 Å². The van der Waals surface area contributed by atoms with Gasteiger partial charge in [-0.05, 0) is 32.1 Å². The van der Waals surface area contributed by atoms with Gasteiger partial charge in [-0.15, -0.1) is 0 Å². The quantitative estimate of drug-likeness (QED) is 0.192. The Morgan fingerprint density at radius 1 is 0.792 bits per heavy atom. The van der Waals surface area contributed by atoms with Gasteiger partial charge < -0.3 is 4.55 Å². The van der Waals surface area contributed by atoms with Crippen LogP contribution in [0.25, 0.3) is 0 Å². The van der Waals surface area contributed by atoms with E-state index in [-0.39, 0.29) is 36.0 Å². The van der Waals surface area contributed by atoms with Crippen LogP contribution in [0.1, 0.15) is 96.8 Å². The number of rotatable bonds is 15. The molecule has 0 heterocycles. The summed E-state index contributed by atoms with van der Waals surface area (Å²) in [5.41, 5.74) is 0. The predicted molar refractivity (Wildman–Crippen MR) is 94.2 cm³/mol. The maximum atomic E-state index is 10.9. The Bertz CT molecular complexity index is 419. The third-order valence-corrected chi connectivity index (χ3v) is 4.68. The fourth-order valence-electron chi connectivity index (χ4n) is 2.47. The van der Waals surface area contributed by atoms with E-state index in [0.717, 1.165) is 32.1 Å². The zero-order valence-electron chi connectivity index (χ0n) is 15.6. The molecule has 0 saturated heterocycles. The molecule has 0 aliphatic rings. The van der Waals surface area contributed by atoms with E-state index in [1.54, 1.807) is 0 Å². The van der Waals surface area contributed by atoms with Crippen molar-refractivity contribution in [2.75, 3.05) is 0 Å². The molecule has 0 aromatic rings. The zero-order chi connectivity index (χ0) is 17.4. The number of allylic oxidation sites excluding steroid dienone is 2. The number of carbonyl (C=O) groups is 1. The minimum absolute atomic E-state index is 0. The molecule has 24 heavy (non-hydrogen) atoms. The van der Waals surface area contributed by atoms with Crippen LogP contribution in [0, 0.1) is 0 Å². The molecule has 0 aromatic carbocycles. The fraction of sp³-hybridized carbons (Fsp3) is 0.833. The fourth-order valence-corrected chi connectivity index (χ4v) is 2.86. The summed E-state index contributed by atoms with van der Waals surface area (Å²) in [6.45, 7) is 2.24. The largest absolute Gasteiger partial charge is 1.00 e. The Morgan fingerprint density at radius 3 is 1.67 bits per heavy atom. The van der Waals surface area contributed by atoms with Crippen LogP contribution in [0.5, 0.6) is 0 Å². The molecule has 0 fully saturated rings. The summed E-state index contributed by atoms with van der Waals surface area (Å²) in [6.07, 6.45) is 19.2. The first-order valence-corrected chi connectivity index (χ1v) is 10.5. The third kappa shape index (κ3) is 18.7. The van der Waals surface area contributed by atoms with Crippen molar-refractivity contribution in [1.82, 2.24) is 0 Å². The van der Waals surface area contributed by atoms with Crippen LogP contribution < -0.4 is 29.6 Å². The molecule has 0 radical (unpaired) electrons. The van der Waals surface area contributed by atoms with E-state index in [9.17, 15) is 17.8 Å². The standard InChI is InChI=1S/C18H34O4S.Na/c1-2-3-4-5-6-7-8-9-10-11-12-13-14-15-16-17-18(19)23(20,21)22;/h9-10H,2-8,11-17H2,1H3,(H,20,21,22);/q;+1/p-1. The normalized spacial score (nSPS) is 11.6. The molecule has 0 aliphatic carbocycles. The van der Waals surface area contributed by atoms with Crippen LogP contribution in [0.2, 0.25) is 0 Å². The minimum Gasteiger partial charge on any atom is -0.742 e. The zero-order valence-corrected chi connectivity index (χ0v) is 18.4. The Morgan fingerprint density at radius 2 is 1.21 bits per heavy atom. The molecule has 0 saturated carbocycles. The molecule has 0 aromatic heterocycles. The topological polar surface area (TPSA) is 74.3 Å². The van der Waals surface area contributed by atoms with Crippen LogP contribution in [0.15, 0.2) is 12.2 Å². The van der Waals surface area contributed by atoms with Crippen molar-refractivity contribution < 1.29 is 47.3 Å². The summed E-state index contributed by atoms with van der Waals surface area (Å²) >= 11 is 0. The van der Waals surface area contributed by atoms with E-state index >= 15 is 0 Å². The van der Waals surface area contributed by atoms with Gasteiger partial charge in [-0.1, -0.05) is 70.4 Å².